The van der Waals surface area contributed by atoms with E-state index in [0.717, 1.165) is 34.3 Å². The molecule has 4 rings (SSSR count). The molecular weight excluding hydrogens is 675 g/mol. The molecule has 1 fully saturated rings. The molecule has 2 aliphatic heterocycles. The van der Waals surface area contributed by atoms with Crippen molar-refractivity contribution in [2.24, 2.45) is 16.8 Å². The second-order valence-corrected chi connectivity index (χ2v) is 15.8. The number of alkyl carbamates (subject to hydrolysis) is 1. The first-order valence-electron chi connectivity index (χ1n) is 17.7. The predicted octanol–water partition coefficient (Wildman–Crippen LogP) is 4.76. The molecule has 0 spiro atoms. The molecule has 4 amide bonds. The number of amides is 4. The minimum Gasteiger partial charge on any atom is -0.444 e. The van der Waals surface area contributed by atoms with Gasteiger partial charge in [0.1, 0.15) is 12.6 Å². The van der Waals surface area contributed by atoms with Gasteiger partial charge in [-0.25, -0.2) is 9.59 Å². The van der Waals surface area contributed by atoms with Crippen molar-refractivity contribution in [3.63, 3.8) is 0 Å². The van der Waals surface area contributed by atoms with Gasteiger partial charge in [-0.05, 0) is 30.7 Å². The molecule has 3 heterocycles. The van der Waals surface area contributed by atoms with Crippen LogP contribution in [0.5, 0.6) is 0 Å². The van der Waals surface area contributed by atoms with Crippen LogP contribution >= 0.6 is 23.1 Å². The average Bonchev–Trinajstić information content (AvgIpc) is 3.81. The smallest absolute Gasteiger partial charge is 0.407 e. The maximum absolute atomic E-state index is 14.4. The average molecular weight is 730 g/mol. The van der Waals surface area contributed by atoms with Crippen LogP contribution in [0.15, 0.2) is 47.0 Å². The van der Waals surface area contributed by atoms with E-state index < -0.39 is 12.1 Å². The van der Waals surface area contributed by atoms with E-state index in [1.807, 2.05) is 35.2 Å². The van der Waals surface area contributed by atoms with Gasteiger partial charge in [-0.3, -0.25) is 19.7 Å². The van der Waals surface area contributed by atoms with Crippen molar-refractivity contribution in [2.75, 3.05) is 65.3 Å². The first-order chi connectivity index (χ1) is 24.1. The van der Waals surface area contributed by atoms with Gasteiger partial charge in [-0.1, -0.05) is 58.0 Å². The van der Waals surface area contributed by atoms with Gasteiger partial charge in [-0.2, -0.15) is 0 Å². The van der Waals surface area contributed by atoms with Crippen LogP contribution in [0.2, 0.25) is 0 Å². The predicted molar refractivity (Wildman–Crippen MR) is 201 cm³/mol. The summed E-state index contributed by atoms with van der Waals surface area (Å²) in [6.07, 6.45) is 2.76. The molecule has 2 aliphatic rings. The van der Waals surface area contributed by atoms with Crippen molar-refractivity contribution < 1.29 is 23.9 Å². The molecule has 3 atom stereocenters. The number of benzene rings is 1. The fraction of sp³-hybridized carbons (Fsp3) is 0.639. The minimum atomic E-state index is -0.705. The molecular formula is C36H55N7O5S2. The van der Waals surface area contributed by atoms with E-state index in [-0.39, 0.29) is 36.5 Å². The fourth-order valence-electron chi connectivity index (χ4n) is 5.94. The first-order valence-corrected chi connectivity index (χ1v) is 19.6. The summed E-state index contributed by atoms with van der Waals surface area (Å²) >= 11 is 3.19. The zero-order valence-corrected chi connectivity index (χ0v) is 31.8. The molecule has 50 heavy (non-hydrogen) atoms. The van der Waals surface area contributed by atoms with Crippen LogP contribution in [0.25, 0.3) is 0 Å². The van der Waals surface area contributed by atoms with Gasteiger partial charge in [0.15, 0.2) is 0 Å². The molecule has 1 unspecified atom stereocenters. The molecule has 2 N–H and O–H groups in total. The maximum Gasteiger partial charge on any atom is 0.407 e. The number of hydrogen-bond acceptors (Lipinski definition) is 10. The number of thioether (sulfide) groups is 1. The van der Waals surface area contributed by atoms with Gasteiger partial charge < -0.3 is 29.9 Å². The number of thiazole rings is 1. The largest absolute Gasteiger partial charge is 0.444 e. The number of nitrogens with zero attached hydrogens (tertiary/aromatic N) is 5. The minimum absolute atomic E-state index is 0.0378. The second kappa shape index (κ2) is 20.6. The third kappa shape index (κ3) is 13.5. The number of carbonyl (C=O) groups is 3. The summed E-state index contributed by atoms with van der Waals surface area (Å²) in [5, 5.41) is 7.26. The Morgan fingerprint density at radius 3 is 2.50 bits per heavy atom. The fourth-order valence-corrected chi connectivity index (χ4v) is 7.55. The molecule has 2 aromatic rings. The molecule has 14 heteroatoms. The molecule has 0 bridgehead atoms. The summed E-state index contributed by atoms with van der Waals surface area (Å²) in [7, 11) is 1.77. The van der Waals surface area contributed by atoms with E-state index >= 15 is 0 Å². The van der Waals surface area contributed by atoms with E-state index in [1.165, 1.54) is 11.3 Å². The lowest BCUT2D eigenvalue weighted by Gasteiger charge is -2.33. The summed E-state index contributed by atoms with van der Waals surface area (Å²) in [6.45, 7) is 13.6. The Hall–Kier alpha value is -3.20. The third-order valence-electron chi connectivity index (χ3n) is 8.61. The number of rotatable bonds is 18. The highest BCUT2D eigenvalue weighted by Gasteiger charge is 2.30. The van der Waals surface area contributed by atoms with E-state index in [9.17, 15) is 14.4 Å². The molecule has 0 aliphatic carbocycles. The number of morpholine rings is 1. The van der Waals surface area contributed by atoms with Gasteiger partial charge in [0.05, 0.1) is 34.7 Å². The van der Waals surface area contributed by atoms with Gasteiger partial charge in [0, 0.05) is 70.2 Å². The number of hydrogen-bond donors (Lipinski definition) is 2. The summed E-state index contributed by atoms with van der Waals surface area (Å²) < 4.78 is 11.0. The number of ether oxygens (including phenoxy) is 2. The SMILES string of the molecule is CC(C)CN(CC[C@H](Cc1ccccc1)NC(=O)OCc1cncs1)C(=O)[C@H](CCN1CCOCC1)NC(=O)N(C)CC1CSC(C(C)C)=N1. The van der Waals surface area contributed by atoms with E-state index in [2.05, 4.69) is 48.2 Å². The van der Waals surface area contributed by atoms with E-state index in [1.54, 1.807) is 35.4 Å². The normalized spacial score (nSPS) is 17.7. The Kier molecular flexibility index (Phi) is 16.3. The lowest BCUT2D eigenvalue weighted by atomic mass is 10.0. The van der Waals surface area contributed by atoms with Crippen molar-refractivity contribution in [3.05, 3.63) is 52.5 Å². The Balaban J connectivity index is 1.45. The topological polar surface area (TPSA) is 129 Å². The molecule has 1 saturated heterocycles. The van der Waals surface area contributed by atoms with Crippen LogP contribution < -0.4 is 10.6 Å². The van der Waals surface area contributed by atoms with Gasteiger partial charge in [-0.15, -0.1) is 23.1 Å². The number of carbonyl (C=O) groups excluding carboxylic acids is 3. The van der Waals surface area contributed by atoms with Crippen LogP contribution in [0, 0.1) is 11.8 Å². The number of nitrogens with one attached hydrogen (secondary N) is 2. The number of aromatic nitrogens is 1. The van der Waals surface area contributed by atoms with Crippen molar-refractivity contribution in [2.45, 2.75) is 71.7 Å². The Morgan fingerprint density at radius 1 is 1.08 bits per heavy atom. The number of aliphatic imine (C=N–C) groups is 1. The standard InChI is InChI=1S/C36H55N7O5S2/c1-26(2)21-43(14-11-29(19-28-9-7-6-8-10-28)39-36(46)48-23-31-20-37-25-50-31)34(44)32(12-13-42-15-17-47-18-16-42)40-35(45)41(5)22-30-24-49-33(38-30)27(3)4/h6-10,20,25-27,29-30,32H,11-19,21-24H2,1-5H3,(H,39,46)(H,40,45)/t29-,30?,32+/m1/s1. The summed E-state index contributed by atoms with van der Waals surface area (Å²) in [5.41, 5.74) is 2.78. The highest BCUT2D eigenvalue weighted by atomic mass is 32.2. The van der Waals surface area contributed by atoms with Crippen molar-refractivity contribution in [1.82, 2.24) is 30.3 Å². The summed E-state index contributed by atoms with van der Waals surface area (Å²) in [5.74, 6) is 1.31. The number of likely N-dealkylation sites (N-methyl/N-ethyl adjacent to an activating group) is 1. The highest BCUT2D eigenvalue weighted by molar-refractivity contribution is 8.14. The van der Waals surface area contributed by atoms with Gasteiger partial charge in [0.25, 0.3) is 0 Å². The molecule has 0 radical (unpaired) electrons. The van der Waals surface area contributed by atoms with Crippen LogP contribution in [0.3, 0.4) is 0 Å². The van der Waals surface area contributed by atoms with Crippen molar-refractivity contribution in [3.8, 4) is 0 Å². The zero-order valence-electron chi connectivity index (χ0n) is 30.2. The van der Waals surface area contributed by atoms with E-state index in [4.69, 9.17) is 14.5 Å². The van der Waals surface area contributed by atoms with E-state index in [0.29, 0.717) is 64.6 Å². The van der Waals surface area contributed by atoms with Crippen LogP contribution in [0.4, 0.5) is 9.59 Å². The summed E-state index contributed by atoms with van der Waals surface area (Å²) in [4.78, 5) is 56.4. The quantitative estimate of drug-likeness (QED) is 0.225. The maximum atomic E-state index is 14.4. The molecule has 1 aromatic carbocycles. The molecule has 276 valence electrons. The lowest BCUT2D eigenvalue weighted by molar-refractivity contribution is -0.134. The van der Waals surface area contributed by atoms with Crippen molar-refractivity contribution in [1.29, 1.82) is 0 Å². The Labute approximate surface area is 305 Å². The van der Waals surface area contributed by atoms with Gasteiger partial charge >= 0.3 is 12.1 Å². The second-order valence-electron chi connectivity index (χ2n) is 13.8. The van der Waals surface area contributed by atoms with Gasteiger partial charge in [0.2, 0.25) is 5.91 Å². The monoisotopic (exact) mass is 729 g/mol. The molecule has 0 saturated carbocycles. The number of urea groups is 1. The van der Waals surface area contributed by atoms with Crippen LogP contribution in [0.1, 0.15) is 51.0 Å². The zero-order chi connectivity index (χ0) is 35.9. The Bertz CT molecular complexity index is 1360. The summed E-state index contributed by atoms with van der Waals surface area (Å²) in [6, 6.07) is 8.75. The van der Waals surface area contributed by atoms with Crippen LogP contribution in [-0.4, -0.2) is 126 Å². The molecule has 1 aromatic heterocycles. The van der Waals surface area contributed by atoms with Crippen LogP contribution in [-0.2, 0) is 27.3 Å². The third-order valence-corrected chi connectivity index (χ3v) is 10.8. The Morgan fingerprint density at radius 2 is 1.84 bits per heavy atom. The van der Waals surface area contributed by atoms with Crippen molar-refractivity contribution >= 4 is 46.2 Å². The lowest BCUT2D eigenvalue weighted by Crippen LogP contribution is -2.54. The molecule has 12 nitrogen and oxygen atoms in total. The highest BCUT2D eigenvalue weighted by Crippen LogP contribution is 2.23. The first kappa shape index (κ1) is 39.6.